The second kappa shape index (κ2) is 5.45. The van der Waals surface area contributed by atoms with Crippen LogP contribution in [0.5, 0.6) is 0 Å². The molecule has 3 rings (SSSR count). The number of rotatable bonds is 2. The summed E-state index contributed by atoms with van der Waals surface area (Å²) in [5.74, 6) is 0.441. The molecule has 2 aromatic rings. The highest BCUT2D eigenvalue weighted by molar-refractivity contribution is 6.30. The number of hydrogen-bond donors (Lipinski definition) is 0. The average molecular weight is 301 g/mol. The third-order valence-corrected chi connectivity index (χ3v) is 3.86. The van der Waals surface area contributed by atoms with Crippen molar-refractivity contribution in [3.8, 4) is 11.1 Å². The average Bonchev–Trinajstić information content (AvgIpc) is 2.88. The Morgan fingerprint density at radius 3 is 2.38 bits per heavy atom. The van der Waals surface area contributed by atoms with Gasteiger partial charge in [-0.15, -0.1) is 0 Å². The molecule has 1 aliphatic heterocycles. The summed E-state index contributed by atoms with van der Waals surface area (Å²) in [7, 11) is 0. The van der Waals surface area contributed by atoms with Crippen LogP contribution < -0.4 is 5.01 Å². The first-order valence-corrected chi connectivity index (χ1v) is 7.35. The predicted molar refractivity (Wildman–Crippen MR) is 87.0 cm³/mol. The van der Waals surface area contributed by atoms with Gasteiger partial charge in [0.1, 0.15) is 0 Å². The summed E-state index contributed by atoms with van der Waals surface area (Å²) in [6.07, 6.45) is 1.97. The minimum Gasteiger partial charge on any atom is -0.263 e. The lowest BCUT2D eigenvalue weighted by molar-refractivity contribution is 0.771. The number of aryl methyl sites for hydroxylation is 2. The van der Waals surface area contributed by atoms with Gasteiger partial charge in [-0.1, -0.05) is 30.7 Å². The van der Waals surface area contributed by atoms with Crippen molar-refractivity contribution in [2.75, 3.05) is 11.6 Å². The fourth-order valence-corrected chi connectivity index (χ4v) is 2.71. The lowest BCUT2D eigenvalue weighted by Crippen LogP contribution is -2.19. The summed E-state index contributed by atoms with van der Waals surface area (Å²) < 4.78 is 0. The number of hydrogen-bond acceptors (Lipinski definition) is 4. The van der Waals surface area contributed by atoms with Crippen molar-refractivity contribution in [1.29, 1.82) is 0 Å². The Kier molecular flexibility index (Phi) is 3.64. The molecule has 1 aromatic heterocycles. The number of benzene rings is 1. The Morgan fingerprint density at radius 2 is 1.76 bits per heavy atom. The maximum Gasteiger partial charge on any atom is 0.0921 e. The first-order chi connectivity index (χ1) is 10.1. The van der Waals surface area contributed by atoms with Gasteiger partial charge in [0, 0.05) is 29.3 Å². The Labute approximate surface area is 129 Å². The molecular formula is C16H17ClN4. The molecule has 1 aromatic carbocycles. The molecule has 0 spiro atoms. The van der Waals surface area contributed by atoms with Crippen LogP contribution in [0.2, 0.25) is 5.02 Å². The number of halogens is 1. The number of aromatic nitrogens is 2. The minimum atomic E-state index is 0.441. The Morgan fingerprint density at radius 1 is 1.10 bits per heavy atom. The van der Waals surface area contributed by atoms with Gasteiger partial charge in [0.25, 0.3) is 0 Å². The van der Waals surface area contributed by atoms with Gasteiger partial charge in [-0.3, -0.25) is 5.01 Å². The van der Waals surface area contributed by atoms with E-state index >= 15 is 0 Å². The van der Waals surface area contributed by atoms with Gasteiger partial charge in [-0.05, 0) is 31.5 Å². The lowest BCUT2D eigenvalue weighted by atomic mass is 10.0. The van der Waals surface area contributed by atoms with E-state index in [0.717, 1.165) is 39.8 Å². The fourth-order valence-electron chi connectivity index (χ4n) is 2.59. The molecule has 1 unspecified atom stereocenters. The van der Waals surface area contributed by atoms with E-state index in [1.165, 1.54) is 0 Å². The molecule has 4 nitrogen and oxygen atoms in total. The molecule has 21 heavy (non-hydrogen) atoms. The second-order valence-corrected chi connectivity index (χ2v) is 5.86. The maximum absolute atomic E-state index is 5.99. The topological polar surface area (TPSA) is 41.4 Å². The van der Waals surface area contributed by atoms with Crippen LogP contribution in [-0.4, -0.2) is 23.0 Å². The SMILES string of the molecule is Cc1nnc(C)c(N2CC(C)C=N2)c1-c1ccc(Cl)cc1. The van der Waals surface area contributed by atoms with Crippen LogP contribution in [0, 0.1) is 19.8 Å². The number of anilines is 1. The van der Waals surface area contributed by atoms with Gasteiger partial charge in [0.15, 0.2) is 0 Å². The van der Waals surface area contributed by atoms with Crippen molar-refractivity contribution in [2.24, 2.45) is 11.0 Å². The molecule has 0 N–H and O–H groups in total. The zero-order valence-electron chi connectivity index (χ0n) is 12.3. The lowest BCUT2D eigenvalue weighted by Gasteiger charge is -2.21. The Bertz CT molecular complexity index is 694. The largest absolute Gasteiger partial charge is 0.263 e. The first kappa shape index (κ1) is 14.0. The fraction of sp³-hybridized carbons (Fsp3) is 0.312. The van der Waals surface area contributed by atoms with E-state index in [2.05, 4.69) is 22.2 Å². The number of nitrogens with zero attached hydrogens (tertiary/aromatic N) is 4. The summed E-state index contributed by atoms with van der Waals surface area (Å²) in [6.45, 7) is 6.97. The van der Waals surface area contributed by atoms with Crippen molar-refractivity contribution >= 4 is 23.5 Å². The molecular weight excluding hydrogens is 284 g/mol. The summed E-state index contributed by atoms with van der Waals surface area (Å²) >= 11 is 5.99. The summed E-state index contributed by atoms with van der Waals surface area (Å²) in [5.41, 5.74) is 4.97. The van der Waals surface area contributed by atoms with E-state index in [1.54, 1.807) is 0 Å². The van der Waals surface area contributed by atoms with E-state index < -0.39 is 0 Å². The van der Waals surface area contributed by atoms with Crippen LogP contribution in [0.1, 0.15) is 18.3 Å². The quantitative estimate of drug-likeness (QED) is 0.846. The Hall–Kier alpha value is -1.94. The Balaban J connectivity index is 2.17. The summed E-state index contributed by atoms with van der Waals surface area (Å²) in [5, 5.41) is 15.8. The smallest absolute Gasteiger partial charge is 0.0921 e. The highest BCUT2D eigenvalue weighted by Gasteiger charge is 2.23. The van der Waals surface area contributed by atoms with Gasteiger partial charge >= 0.3 is 0 Å². The van der Waals surface area contributed by atoms with Crippen LogP contribution in [0.15, 0.2) is 29.4 Å². The standard InChI is InChI=1S/C16H17ClN4/c1-10-8-18-21(9-10)16-12(3)20-19-11(2)15(16)13-4-6-14(17)7-5-13/h4-8,10H,9H2,1-3H3. The van der Waals surface area contributed by atoms with Crippen molar-refractivity contribution in [3.63, 3.8) is 0 Å². The van der Waals surface area contributed by atoms with Crippen LogP contribution in [-0.2, 0) is 0 Å². The van der Waals surface area contributed by atoms with Crippen molar-refractivity contribution in [2.45, 2.75) is 20.8 Å². The predicted octanol–water partition coefficient (Wildman–Crippen LogP) is 3.86. The van der Waals surface area contributed by atoms with Crippen LogP contribution in [0.3, 0.4) is 0 Å². The molecule has 0 fully saturated rings. The van der Waals surface area contributed by atoms with E-state index in [4.69, 9.17) is 11.6 Å². The molecule has 1 atom stereocenters. The molecule has 0 bridgehead atoms. The summed E-state index contributed by atoms with van der Waals surface area (Å²) in [6, 6.07) is 7.81. The highest BCUT2D eigenvalue weighted by Crippen LogP contribution is 2.36. The zero-order chi connectivity index (χ0) is 15.0. The van der Waals surface area contributed by atoms with Gasteiger partial charge in [0.2, 0.25) is 0 Å². The molecule has 0 saturated heterocycles. The molecule has 0 amide bonds. The molecule has 1 aliphatic rings. The summed E-state index contributed by atoms with van der Waals surface area (Å²) in [4.78, 5) is 0. The number of hydrazone groups is 1. The van der Waals surface area contributed by atoms with Gasteiger partial charge < -0.3 is 0 Å². The maximum atomic E-state index is 5.99. The third kappa shape index (κ3) is 2.63. The van der Waals surface area contributed by atoms with Crippen molar-refractivity contribution in [3.05, 3.63) is 40.7 Å². The normalized spacial score (nSPS) is 17.5. The van der Waals surface area contributed by atoms with Gasteiger partial charge in [0.05, 0.1) is 17.1 Å². The molecule has 108 valence electrons. The minimum absolute atomic E-state index is 0.441. The second-order valence-electron chi connectivity index (χ2n) is 5.43. The zero-order valence-corrected chi connectivity index (χ0v) is 13.1. The third-order valence-electron chi connectivity index (χ3n) is 3.60. The van der Waals surface area contributed by atoms with Crippen molar-refractivity contribution < 1.29 is 0 Å². The van der Waals surface area contributed by atoms with Gasteiger partial charge in [-0.2, -0.15) is 15.3 Å². The molecule has 0 saturated carbocycles. The van der Waals surface area contributed by atoms with E-state index in [9.17, 15) is 0 Å². The first-order valence-electron chi connectivity index (χ1n) is 6.97. The monoisotopic (exact) mass is 300 g/mol. The van der Waals surface area contributed by atoms with E-state index in [-0.39, 0.29) is 0 Å². The van der Waals surface area contributed by atoms with Crippen LogP contribution in [0.4, 0.5) is 5.69 Å². The highest BCUT2D eigenvalue weighted by atomic mass is 35.5. The van der Waals surface area contributed by atoms with Crippen LogP contribution in [0.25, 0.3) is 11.1 Å². The molecule has 2 heterocycles. The molecule has 0 aliphatic carbocycles. The van der Waals surface area contributed by atoms with E-state index in [1.807, 2.05) is 49.3 Å². The van der Waals surface area contributed by atoms with Gasteiger partial charge in [-0.25, -0.2) is 0 Å². The van der Waals surface area contributed by atoms with Crippen LogP contribution >= 0.6 is 11.6 Å². The molecule has 0 radical (unpaired) electrons. The van der Waals surface area contributed by atoms with E-state index in [0.29, 0.717) is 5.92 Å². The molecule has 5 heteroatoms. The van der Waals surface area contributed by atoms with Crippen molar-refractivity contribution in [1.82, 2.24) is 10.2 Å².